The predicted molar refractivity (Wildman–Crippen MR) is 55.4 cm³/mol. The van der Waals surface area contributed by atoms with Crippen LogP contribution in [0.4, 0.5) is 0 Å². The van der Waals surface area contributed by atoms with Crippen molar-refractivity contribution in [1.82, 2.24) is 4.90 Å². The molecule has 2 saturated heterocycles. The summed E-state index contributed by atoms with van der Waals surface area (Å²) in [6.45, 7) is 2.11. The van der Waals surface area contributed by atoms with Crippen LogP contribution in [0.3, 0.4) is 0 Å². The maximum absolute atomic E-state index is 11.6. The van der Waals surface area contributed by atoms with Crippen molar-refractivity contribution in [3.8, 4) is 0 Å². The number of aliphatic hydroxyl groups excluding tert-OH is 1. The van der Waals surface area contributed by atoms with Crippen molar-refractivity contribution in [2.45, 2.75) is 44.3 Å². The Morgan fingerprint density at radius 1 is 1.40 bits per heavy atom. The molecule has 4 nitrogen and oxygen atoms in total. The van der Waals surface area contributed by atoms with Crippen molar-refractivity contribution in [2.75, 3.05) is 19.7 Å². The first-order valence-electron chi connectivity index (χ1n) is 5.85. The minimum atomic E-state index is -0.395. The number of aliphatic hydroxyl groups is 1. The maximum atomic E-state index is 11.6. The van der Waals surface area contributed by atoms with Gasteiger partial charge in [-0.15, -0.1) is 0 Å². The molecule has 2 atom stereocenters. The SMILES string of the molecule is O=C1CCCCN1C[C@H]1OCCC[C@@H]1O. The Labute approximate surface area is 90.2 Å². The fraction of sp³-hybridized carbons (Fsp3) is 0.909. The Kier molecular flexibility index (Phi) is 3.59. The van der Waals surface area contributed by atoms with E-state index >= 15 is 0 Å². The zero-order valence-corrected chi connectivity index (χ0v) is 9.02. The summed E-state index contributed by atoms with van der Waals surface area (Å²) in [5, 5.41) is 9.72. The van der Waals surface area contributed by atoms with E-state index in [1.54, 1.807) is 0 Å². The van der Waals surface area contributed by atoms with Gasteiger partial charge in [-0.25, -0.2) is 0 Å². The Hall–Kier alpha value is -0.610. The number of piperidine rings is 1. The average Bonchev–Trinajstić information content (AvgIpc) is 2.24. The second-order valence-electron chi connectivity index (χ2n) is 4.42. The Morgan fingerprint density at radius 2 is 2.27 bits per heavy atom. The summed E-state index contributed by atoms with van der Waals surface area (Å²) in [5.41, 5.74) is 0. The molecule has 0 unspecified atom stereocenters. The van der Waals surface area contributed by atoms with Gasteiger partial charge < -0.3 is 14.7 Å². The van der Waals surface area contributed by atoms with Gasteiger partial charge in [0.15, 0.2) is 0 Å². The fourth-order valence-electron chi connectivity index (χ4n) is 2.27. The third-order valence-electron chi connectivity index (χ3n) is 3.23. The van der Waals surface area contributed by atoms with Crippen molar-refractivity contribution in [3.05, 3.63) is 0 Å². The highest BCUT2D eigenvalue weighted by Crippen LogP contribution is 2.17. The molecule has 2 aliphatic rings. The third kappa shape index (κ3) is 2.69. The normalized spacial score (nSPS) is 33.1. The van der Waals surface area contributed by atoms with Crippen LogP contribution in [0.25, 0.3) is 0 Å². The molecular formula is C11H19NO3. The highest BCUT2D eigenvalue weighted by Gasteiger charge is 2.28. The zero-order chi connectivity index (χ0) is 10.7. The smallest absolute Gasteiger partial charge is 0.222 e. The van der Waals surface area contributed by atoms with E-state index in [1.807, 2.05) is 4.90 Å². The fourth-order valence-corrected chi connectivity index (χ4v) is 2.27. The minimum Gasteiger partial charge on any atom is -0.390 e. The summed E-state index contributed by atoms with van der Waals surface area (Å²) in [6.07, 6.45) is 3.90. The average molecular weight is 213 g/mol. The van der Waals surface area contributed by atoms with E-state index in [0.717, 1.165) is 32.2 Å². The van der Waals surface area contributed by atoms with Crippen molar-refractivity contribution < 1.29 is 14.6 Å². The molecule has 86 valence electrons. The molecule has 0 spiro atoms. The molecule has 1 amide bonds. The van der Waals surface area contributed by atoms with Crippen LogP contribution in [-0.2, 0) is 9.53 Å². The van der Waals surface area contributed by atoms with Gasteiger partial charge in [-0.3, -0.25) is 4.79 Å². The number of nitrogens with zero attached hydrogens (tertiary/aromatic N) is 1. The summed E-state index contributed by atoms with van der Waals surface area (Å²) in [7, 11) is 0. The molecule has 1 N–H and O–H groups in total. The Morgan fingerprint density at radius 3 is 3.00 bits per heavy atom. The lowest BCUT2D eigenvalue weighted by Gasteiger charge is -2.34. The van der Waals surface area contributed by atoms with Gasteiger partial charge in [0.05, 0.1) is 6.10 Å². The highest BCUT2D eigenvalue weighted by molar-refractivity contribution is 5.76. The quantitative estimate of drug-likeness (QED) is 0.728. The number of carbonyl (C=O) groups is 1. The lowest BCUT2D eigenvalue weighted by Crippen LogP contribution is -2.47. The Bertz CT molecular complexity index is 232. The molecular weight excluding hydrogens is 194 g/mol. The van der Waals surface area contributed by atoms with E-state index in [9.17, 15) is 9.90 Å². The van der Waals surface area contributed by atoms with E-state index < -0.39 is 6.10 Å². The molecule has 0 aromatic heterocycles. The first-order chi connectivity index (χ1) is 7.27. The summed E-state index contributed by atoms with van der Waals surface area (Å²) in [4.78, 5) is 13.4. The first-order valence-corrected chi connectivity index (χ1v) is 5.85. The lowest BCUT2D eigenvalue weighted by molar-refractivity contribution is -0.139. The number of likely N-dealkylation sites (tertiary alicyclic amines) is 1. The van der Waals surface area contributed by atoms with Crippen molar-refractivity contribution in [1.29, 1.82) is 0 Å². The molecule has 0 saturated carbocycles. The van der Waals surface area contributed by atoms with Gasteiger partial charge in [-0.1, -0.05) is 0 Å². The van der Waals surface area contributed by atoms with E-state index in [-0.39, 0.29) is 12.0 Å². The molecule has 0 aromatic rings. The van der Waals surface area contributed by atoms with Gasteiger partial charge in [0.1, 0.15) is 6.10 Å². The summed E-state index contributed by atoms with van der Waals surface area (Å²) in [5.74, 6) is 0.211. The maximum Gasteiger partial charge on any atom is 0.222 e. The standard InChI is InChI=1S/C11H19NO3/c13-9-4-3-7-15-10(9)8-12-6-2-1-5-11(12)14/h9-10,13H,1-8H2/t9-,10+/m0/s1. The monoisotopic (exact) mass is 213 g/mol. The van der Waals surface area contributed by atoms with Crippen LogP contribution in [0, 0.1) is 0 Å². The van der Waals surface area contributed by atoms with Gasteiger partial charge in [-0.2, -0.15) is 0 Å². The second-order valence-corrected chi connectivity index (χ2v) is 4.42. The van der Waals surface area contributed by atoms with Gasteiger partial charge in [0.2, 0.25) is 5.91 Å². The van der Waals surface area contributed by atoms with Crippen LogP contribution in [0.1, 0.15) is 32.1 Å². The summed E-state index contributed by atoms with van der Waals surface area (Å²) in [6, 6.07) is 0. The molecule has 2 fully saturated rings. The molecule has 0 bridgehead atoms. The Balaban J connectivity index is 1.86. The van der Waals surface area contributed by atoms with E-state index in [4.69, 9.17) is 4.74 Å². The van der Waals surface area contributed by atoms with Gasteiger partial charge in [-0.05, 0) is 25.7 Å². The van der Waals surface area contributed by atoms with Crippen LogP contribution < -0.4 is 0 Å². The van der Waals surface area contributed by atoms with E-state index in [2.05, 4.69) is 0 Å². The highest BCUT2D eigenvalue weighted by atomic mass is 16.5. The van der Waals surface area contributed by atoms with Gasteiger partial charge in [0.25, 0.3) is 0 Å². The van der Waals surface area contributed by atoms with Crippen LogP contribution in [-0.4, -0.2) is 47.8 Å². The van der Waals surface area contributed by atoms with Crippen molar-refractivity contribution in [2.24, 2.45) is 0 Å². The number of amides is 1. The molecule has 0 aromatic carbocycles. The van der Waals surface area contributed by atoms with Crippen LogP contribution >= 0.6 is 0 Å². The van der Waals surface area contributed by atoms with E-state index in [1.165, 1.54) is 0 Å². The number of hydrogen-bond acceptors (Lipinski definition) is 3. The number of hydrogen-bond donors (Lipinski definition) is 1. The van der Waals surface area contributed by atoms with Crippen molar-refractivity contribution in [3.63, 3.8) is 0 Å². The predicted octanol–water partition coefficient (Wildman–Crippen LogP) is 0.539. The van der Waals surface area contributed by atoms with Crippen molar-refractivity contribution >= 4 is 5.91 Å². The summed E-state index contributed by atoms with van der Waals surface area (Å²) >= 11 is 0. The van der Waals surface area contributed by atoms with Gasteiger partial charge >= 0.3 is 0 Å². The minimum absolute atomic E-state index is 0.166. The molecule has 4 heteroatoms. The number of ether oxygens (including phenoxy) is 1. The molecule has 2 rings (SSSR count). The summed E-state index contributed by atoms with van der Waals surface area (Å²) < 4.78 is 5.50. The number of rotatable bonds is 2. The largest absolute Gasteiger partial charge is 0.390 e. The van der Waals surface area contributed by atoms with Crippen LogP contribution in [0.2, 0.25) is 0 Å². The molecule has 0 radical (unpaired) electrons. The topological polar surface area (TPSA) is 49.8 Å². The molecule has 15 heavy (non-hydrogen) atoms. The zero-order valence-electron chi connectivity index (χ0n) is 9.02. The van der Waals surface area contributed by atoms with Gasteiger partial charge in [0, 0.05) is 26.1 Å². The third-order valence-corrected chi connectivity index (χ3v) is 3.23. The molecule has 0 aliphatic carbocycles. The van der Waals surface area contributed by atoms with Crippen LogP contribution in [0.5, 0.6) is 0 Å². The second kappa shape index (κ2) is 4.94. The van der Waals surface area contributed by atoms with E-state index in [0.29, 0.717) is 19.6 Å². The first kappa shape index (κ1) is 10.9. The lowest BCUT2D eigenvalue weighted by atomic mass is 10.0. The van der Waals surface area contributed by atoms with Crippen LogP contribution in [0.15, 0.2) is 0 Å². The number of carbonyl (C=O) groups excluding carboxylic acids is 1. The molecule has 2 heterocycles. The molecule has 2 aliphatic heterocycles.